The molecular weight excluding hydrogens is 302 g/mol. The Morgan fingerprint density at radius 1 is 1.08 bits per heavy atom. The number of hydrogen-bond donors (Lipinski definition) is 0. The molecule has 0 aromatic heterocycles. The number of piperidine rings is 1. The number of methoxy groups -OCH3 is 1. The van der Waals surface area contributed by atoms with Crippen LogP contribution in [0.15, 0.2) is 36.4 Å². The van der Waals surface area contributed by atoms with Crippen LogP contribution in [-0.4, -0.2) is 50.1 Å². The molecule has 2 aromatic carbocycles. The van der Waals surface area contributed by atoms with Gasteiger partial charge in [-0.05, 0) is 37.4 Å². The summed E-state index contributed by atoms with van der Waals surface area (Å²) in [5.41, 5.74) is 0.819. The quantitative estimate of drug-likeness (QED) is 0.813. The molecule has 0 aliphatic carbocycles. The second-order valence-electron chi connectivity index (χ2n) is 6.90. The lowest BCUT2D eigenvalue weighted by Gasteiger charge is -2.46. The van der Waals surface area contributed by atoms with Crippen molar-refractivity contribution in [1.29, 1.82) is 0 Å². The number of benzene rings is 2. The van der Waals surface area contributed by atoms with Crippen molar-refractivity contribution in [2.45, 2.75) is 24.9 Å². The topological polar surface area (TPSA) is 38.8 Å². The molecule has 2 aliphatic heterocycles. The Morgan fingerprint density at radius 3 is 2.42 bits per heavy atom. The molecule has 4 nitrogen and oxygen atoms in total. The van der Waals surface area contributed by atoms with Gasteiger partial charge in [0.15, 0.2) is 5.78 Å². The van der Waals surface area contributed by atoms with Crippen LogP contribution in [0, 0.1) is 5.92 Å². The Balaban J connectivity index is 1.69. The molecule has 4 rings (SSSR count). The molecule has 2 bridgehead atoms. The lowest BCUT2D eigenvalue weighted by Crippen LogP contribution is -2.55. The van der Waals surface area contributed by atoms with E-state index in [0.717, 1.165) is 48.1 Å². The minimum atomic E-state index is 0.0805. The zero-order valence-electron chi connectivity index (χ0n) is 14.2. The first kappa shape index (κ1) is 15.6. The monoisotopic (exact) mass is 325 g/mol. The molecular formula is C20H23NO3. The van der Waals surface area contributed by atoms with Crippen molar-refractivity contribution < 1.29 is 14.3 Å². The van der Waals surface area contributed by atoms with Crippen LogP contribution in [0.5, 0.6) is 5.75 Å². The Bertz CT molecular complexity index is 759. The molecule has 2 heterocycles. The number of hydrogen-bond acceptors (Lipinski definition) is 4. The fourth-order valence-corrected chi connectivity index (χ4v) is 4.19. The number of morpholine rings is 1. The third kappa shape index (κ3) is 2.50. The van der Waals surface area contributed by atoms with Gasteiger partial charge in [-0.3, -0.25) is 9.69 Å². The van der Waals surface area contributed by atoms with Gasteiger partial charge in [-0.25, -0.2) is 0 Å². The molecule has 2 unspecified atom stereocenters. The molecule has 0 spiro atoms. The first-order chi connectivity index (χ1) is 11.7. The van der Waals surface area contributed by atoms with Gasteiger partial charge in [-0.15, -0.1) is 0 Å². The second kappa shape index (κ2) is 6.19. The fourth-order valence-electron chi connectivity index (χ4n) is 4.19. The van der Waals surface area contributed by atoms with E-state index in [9.17, 15) is 4.79 Å². The number of nitrogens with zero attached hydrogens (tertiary/aromatic N) is 1. The normalized spacial score (nSPS) is 27.2. The average molecular weight is 325 g/mol. The number of fused-ring (bicyclic) bond motifs is 3. The maximum Gasteiger partial charge on any atom is 0.166 e. The molecule has 0 radical (unpaired) electrons. The average Bonchev–Trinajstić information content (AvgIpc) is 2.60. The largest absolute Gasteiger partial charge is 0.496 e. The summed E-state index contributed by atoms with van der Waals surface area (Å²) in [6, 6.07) is 12.5. The summed E-state index contributed by atoms with van der Waals surface area (Å²) in [4.78, 5) is 15.6. The third-order valence-corrected chi connectivity index (χ3v) is 5.63. The van der Waals surface area contributed by atoms with Crippen LogP contribution >= 0.6 is 0 Å². The number of rotatable bonds is 3. The maximum absolute atomic E-state index is 13.3. The summed E-state index contributed by atoms with van der Waals surface area (Å²) < 4.78 is 11.1. The van der Waals surface area contributed by atoms with E-state index in [2.05, 4.69) is 11.9 Å². The molecule has 0 N–H and O–H groups in total. The standard InChI is InChI=1S/C20H23NO3/c1-21-14-9-13(10-15(21)12-24-11-14)20(22)18-7-8-19(23-2)17-6-4-3-5-16(17)18/h3-8,13-15H,9-12H2,1-2H3. The van der Waals surface area contributed by atoms with Crippen molar-refractivity contribution in [2.75, 3.05) is 27.4 Å². The van der Waals surface area contributed by atoms with Gasteiger partial charge in [-0.1, -0.05) is 24.3 Å². The highest BCUT2D eigenvalue weighted by molar-refractivity contribution is 6.10. The van der Waals surface area contributed by atoms with E-state index in [1.54, 1.807) is 7.11 Å². The van der Waals surface area contributed by atoms with Crippen molar-refractivity contribution in [3.63, 3.8) is 0 Å². The Hall–Kier alpha value is -1.91. The lowest BCUT2D eigenvalue weighted by atomic mass is 9.80. The number of ketones is 1. The maximum atomic E-state index is 13.3. The van der Waals surface area contributed by atoms with Gasteiger partial charge in [0.2, 0.25) is 0 Å². The molecule has 2 saturated heterocycles. The Labute approximate surface area is 142 Å². The Morgan fingerprint density at radius 2 is 1.75 bits per heavy atom. The second-order valence-corrected chi connectivity index (χ2v) is 6.90. The molecule has 0 saturated carbocycles. The van der Waals surface area contributed by atoms with Crippen LogP contribution in [0.3, 0.4) is 0 Å². The van der Waals surface area contributed by atoms with Crippen molar-refractivity contribution in [3.05, 3.63) is 42.0 Å². The summed E-state index contributed by atoms with van der Waals surface area (Å²) in [6.07, 6.45) is 1.76. The van der Waals surface area contributed by atoms with E-state index in [0.29, 0.717) is 12.1 Å². The fraction of sp³-hybridized carbons (Fsp3) is 0.450. The van der Waals surface area contributed by atoms with Gasteiger partial charge < -0.3 is 9.47 Å². The molecule has 2 aromatic rings. The van der Waals surface area contributed by atoms with Gasteiger partial charge in [0.25, 0.3) is 0 Å². The van der Waals surface area contributed by atoms with Crippen LogP contribution in [0.4, 0.5) is 0 Å². The van der Waals surface area contributed by atoms with Gasteiger partial charge in [0.05, 0.1) is 20.3 Å². The molecule has 4 heteroatoms. The minimum absolute atomic E-state index is 0.0805. The van der Waals surface area contributed by atoms with E-state index in [1.807, 2.05) is 36.4 Å². The predicted molar refractivity (Wildman–Crippen MR) is 93.7 cm³/mol. The highest BCUT2D eigenvalue weighted by Gasteiger charge is 2.39. The van der Waals surface area contributed by atoms with Crippen LogP contribution < -0.4 is 4.74 Å². The van der Waals surface area contributed by atoms with Crippen LogP contribution in [0.2, 0.25) is 0 Å². The van der Waals surface area contributed by atoms with E-state index in [4.69, 9.17) is 9.47 Å². The zero-order chi connectivity index (χ0) is 16.7. The summed E-state index contributed by atoms with van der Waals surface area (Å²) in [5.74, 6) is 1.16. The summed E-state index contributed by atoms with van der Waals surface area (Å²) >= 11 is 0. The van der Waals surface area contributed by atoms with Crippen molar-refractivity contribution in [3.8, 4) is 5.75 Å². The summed E-state index contributed by atoms with van der Waals surface area (Å²) in [7, 11) is 3.82. The minimum Gasteiger partial charge on any atom is -0.496 e. The molecule has 2 fully saturated rings. The van der Waals surface area contributed by atoms with Gasteiger partial charge in [0.1, 0.15) is 5.75 Å². The van der Waals surface area contributed by atoms with Crippen molar-refractivity contribution in [1.82, 2.24) is 4.90 Å². The van der Waals surface area contributed by atoms with E-state index < -0.39 is 0 Å². The van der Waals surface area contributed by atoms with Crippen molar-refractivity contribution in [2.24, 2.45) is 5.92 Å². The van der Waals surface area contributed by atoms with E-state index >= 15 is 0 Å². The van der Waals surface area contributed by atoms with Gasteiger partial charge in [0, 0.05) is 29.0 Å². The first-order valence-corrected chi connectivity index (χ1v) is 8.58. The van der Waals surface area contributed by atoms with Gasteiger partial charge >= 0.3 is 0 Å². The zero-order valence-corrected chi connectivity index (χ0v) is 14.2. The number of carbonyl (C=O) groups is 1. The summed E-state index contributed by atoms with van der Waals surface area (Å²) in [6.45, 7) is 1.47. The number of likely N-dealkylation sites (N-methyl/N-ethyl adjacent to an activating group) is 1. The van der Waals surface area contributed by atoms with Crippen LogP contribution in [0.25, 0.3) is 10.8 Å². The van der Waals surface area contributed by atoms with E-state index in [-0.39, 0.29) is 11.7 Å². The highest BCUT2D eigenvalue weighted by atomic mass is 16.5. The molecule has 24 heavy (non-hydrogen) atoms. The van der Waals surface area contributed by atoms with Gasteiger partial charge in [-0.2, -0.15) is 0 Å². The molecule has 2 aliphatic rings. The number of Topliss-reactive ketones (excluding diaryl/α,β-unsaturated/α-hetero) is 1. The number of carbonyl (C=O) groups excluding carboxylic acids is 1. The Kier molecular flexibility index (Phi) is 4.02. The summed E-state index contributed by atoms with van der Waals surface area (Å²) in [5, 5.41) is 1.99. The third-order valence-electron chi connectivity index (χ3n) is 5.63. The molecule has 0 amide bonds. The van der Waals surface area contributed by atoms with Crippen LogP contribution in [-0.2, 0) is 4.74 Å². The number of ether oxygens (including phenoxy) is 2. The molecule has 2 atom stereocenters. The van der Waals surface area contributed by atoms with Crippen LogP contribution in [0.1, 0.15) is 23.2 Å². The SMILES string of the molecule is COc1ccc(C(=O)C2CC3COCC(C2)N3C)c2ccccc12. The van der Waals surface area contributed by atoms with E-state index in [1.165, 1.54) is 0 Å². The lowest BCUT2D eigenvalue weighted by molar-refractivity contribution is -0.0702. The first-order valence-electron chi connectivity index (χ1n) is 8.58. The van der Waals surface area contributed by atoms with Crippen molar-refractivity contribution >= 4 is 16.6 Å². The predicted octanol–water partition coefficient (Wildman–Crippen LogP) is 3.14. The smallest absolute Gasteiger partial charge is 0.166 e. The highest BCUT2D eigenvalue weighted by Crippen LogP contribution is 2.35. The molecule has 126 valence electrons.